The molecule has 0 atom stereocenters. The summed E-state index contributed by atoms with van der Waals surface area (Å²) in [6.07, 6.45) is 0. The van der Waals surface area contributed by atoms with Crippen LogP contribution in [0.2, 0.25) is 0 Å². The predicted molar refractivity (Wildman–Crippen MR) is 61.3 cm³/mol. The first-order valence-corrected chi connectivity index (χ1v) is 6.92. The number of anilines is 1. The lowest BCUT2D eigenvalue weighted by atomic mass is 10.4. The third-order valence-electron chi connectivity index (χ3n) is 1.79. The Balaban J connectivity index is 2.98. The molecule has 0 unspecified atom stereocenters. The maximum absolute atomic E-state index is 11.3. The molecule has 1 N–H and O–H groups in total. The molecular weight excluding hydrogens is 252 g/mol. The number of aromatic nitrogens is 1. The van der Waals surface area contributed by atoms with Crippen molar-refractivity contribution in [3.05, 3.63) is 10.6 Å². The molecule has 6 nitrogen and oxygen atoms in total. The molecule has 0 fully saturated rings. The van der Waals surface area contributed by atoms with Crippen LogP contribution in [0.1, 0.15) is 22.3 Å². The highest BCUT2D eigenvalue weighted by Gasteiger charge is 2.18. The van der Waals surface area contributed by atoms with E-state index in [0.29, 0.717) is 10.6 Å². The third-order valence-corrected chi connectivity index (χ3v) is 4.24. The first-order valence-electron chi connectivity index (χ1n) is 4.46. The van der Waals surface area contributed by atoms with E-state index in [2.05, 4.69) is 14.4 Å². The van der Waals surface area contributed by atoms with E-state index in [1.54, 1.807) is 6.92 Å². The molecule has 90 valence electrons. The molecule has 0 amide bonds. The molecule has 16 heavy (non-hydrogen) atoms. The van der Waals surface area contributed by atoms with E-state index in [1.165, 1.54) is 14.0 Å². The SMILES string of the molecule is CCS(=O)(=O)Nc1nc(C)c(C(=O)OC)s1. The van der Waals surface area contributed by atoms with E-state index >= 15 is 0 Å². The summed E-state index contributed by atoms with van der Waals surface area (Å²) < 4.78 is 29.4. The van der Waals surface area contributed by atoms with Gasteiger partial charge in [-0.3, -0.25) is 4.72 Å². The highest BCUT2D eigenvalue weighted by Crippen LogP contribution is 2.23. The van der Waals surface area contributed by atoms with Gasteiger partial charge in [-0.2, -0.15) is 0 Å². The first-order chi connectivity index (χ1) is 7.39. The van der Waals surface area contributed by atoms with Gasteiger partial charge in [0.05, 0.1) is 18.6 Å². The van der Waals surface area contributed by atoms with E-state index in [-0.39, 0.29) is 10.9 Å². The number of methoxy groups -OCH3 is 1. The first kappa shape index (κ1) is 12.9. The second-order valence-electron chi connectivity index (χ2n) is 2.93. The van der Waals surface area contributed by atoms with Gasteiger partial charge in [-0.15, -0.1) is 0 Å². The molecule has 0 aliphatic carbocycles. The third kappa shape index (κ3) is 2.92. The Kier molecular flexibility index (Phi) is 3.87. The Morgan fingerprint density at radius 1 is 1.56 bits per heavy atom. The molecule has 1 aromatic rings. The number of hydrogen-bond acceptors (Lipinski definition) is 6. The quantitative estimate of drug-likeness (QED) is 0.820. The number of sulfonamides is 1. The van der Waals surface area contributed by atoms with Gasteiger partial charge in [0.2, 0.25) is 10.0 Å². The Bertz CT molecular complexity index is 492. The summed E-state index contributed by atoms with van der Waals surface area (Å²) in [6.45, 7) is 3.14. The van der Waals surface area contributed by atoms with E-state index in [9.17, 15) is 13.2 Å². The van der Waals surface area contributed by atoms with E-state index < -0.39 is 16.0 Å². The van der Waals surface area contributed by atoms with Crippen LogP contribution in [-0.4, -0.2) is 32.2 Å². The second-order valence-corrected chi connectivity index (χ2v) is 5.94. The molecule has 0 aliphatic rings. The number of thiazole rings is 1. The molecule has 0 radical (unpaired) electrons. The van der Waals surface area contributed by atoms with Gasteiger partial charge in [-0.25, -0.2) is 18.2 Å². The van der Waals surface area contributed by atoms with Crippen LogP contribution in [0.3, 0.4) is 0 Å². The van der Waals surface area contributed by atoms with Crippen LogP contribution >= 0.6 is 11.3 Å². The monoisotopic (exact) mass is 264 g/mol. The van der Waals surface area contributed by atoms with Gasteiger partial charge < -0.3 is 4.74 Å². The molecule has 1 aromatic heterocycles. The fraction of sp³-hybridized carbons (Fsp3) is 0.500. The van der Waals surface area contributed by atoms with Crippen molar-refractivity contribution in [2.45, 2.75) is 13.8 Å². The second kappa shape index (κ2) is 4.79. The minimum absolute atomic E-state index is 0.0425. The normalized spacial score (nSPS) is 11.2. The Hall–Kier alpha value is -1.15. The van der Waals surface area contributed by atoms with Gasteiger partial charge in [0.1, 0.15) is 4.88 Å². The minimum Gasteiger partial charge on any atom is -0.465 e. The zero-order valence-electron chi connectivity index (χ0n) is 9.10. The van der Waals surface area contributed by atoms with Crippen LogP contribution in [0.25, 0.3) is 0 Å². The minimum atomic E-state index is -3.36. The summed E-state index contributed by atoms with van der Waals surface area (Å²) in [5, 5.41) is 0.180. The number of carbonyl (C=O) groups excluding carboxylic acids is 1. The van der Waals surface area contributed by atoms with Crippen molar-refractivity contribution < 1.29 is 17.9 Å². The van der Waals surface area contributed by atoms with E-state index in [4.69, 9.17) is 0 Å². The molecule has 0 bridgehead atoms. The van der Waals surface area contributed by atoms with Crippen LogP contribution in [0.4, 0.5) is 5.13 Å². The van der Waals surface area contributed by atoms with Gasteiger partial charge in [0.15, 0.2) is 5.13 Å². The lowest BCUT2D eigenvalue weighted by molar-refractivity contribution is 0.0605. The smallest absolute Gasteiger partial charge is 0.350 e. The highest BCUT2D eigenvalue weighted by molar-refractivity contribution is 7.92. The van der Waals surface area contributed by atoms with Gasteiger partial charge in [-0.05, 0) is 13.8 Å². The number of carbonyl (C=O) groups is 1. The molecule has 8 heteroatoms. The fourth-order valence-corrected chi connectivity index (χ4v) is 2.67. The van der Waals surface area contributed by atoms with Crippen LogP contribution < -0.4 is 4.72 Å². The topological polar surface area (TPSA) is 85.4 Å². The van der Waals surface area contributed by atoms with Crippen molar-refractivity contribution >= 4 is 32.5 Å². The van der Waals surface area contributed by atoms with Crippen LogP contribution in [0.5, 0.6) is 0 Å². The van der Waals surface area contributed by atoms with E-state index in [0.717, 1.165) is 11.3 Å². The number of hydrogen-bond donors (Lipinski definition) is 1. The van der Waals surface area contributed by atoms with Gasteiger partial charge in [0, 0.05) is 0 Å². The lowest BCUT2D eigenvalue weighted by Gasteiger charge is -1.99. The number of aryl methyl sites for hydroxylation is 1. The maximum atomic E-state index is 11.3. The number of esters is 1. The summed E-state index contributed by atoms with van der Waals surface area (Å²) >= 11 is 0.958. The summed E-state index contributed by atoms with van der Waals surface area (Å²) in [5.74, 6) is -0.559. The molecule has 0 saturated carbocycles. The molecule has 0 aromatic carbocycles. The molecule has 1 heterocycles. The number of nitrogens with zero attached hydrogens (tertiary/aromatic N) is 1. The lowest BCUT2D eigenvalue weighted by Crippen LogP contribution is -2.14. The van der Waals surface area contributed by atoms with Crippen molar-refractivity contribution in [3.8, 4) is 0 Å². The van der Waals surface area contributed by atoms with Gasteiger partial charge in [0.25, 0.3) is 0 Å². The van der Waals surface area contributed by atoms with Crippen LogP contribution in [0.15, 0.2) is 0 Å². The van der Waals surface area contributed by atoms with Crippen molar-refractivity contribution in [1.82, 2.24) is 4.98 Å². The van der Waals surface area contributed by atoms with Crippen molar-refractivity contribution in [2.75, 3.05) is 17.6 Å². The molecular formula is C8H12N2O4S2. The maximum Gasteiger partial charge on any atom is 0.350 e. The predicted octanol–water partition coefficient (Wildman–Crippen LogP) is 1.000. The molecule has 0 aliphatic heterocycles. The highest BCUT2D eigenvalue weighted by atomic mass is 32.2. The van der Waals surface area contributed by atoms with Crippen molar-refractivity contribution in [3.63, 3.8) is 0 Å². The molecule has 1 rings (SSSR count). The average Bonchev–Trinajstić information content (AvgIpc) is 2.57. The van der Waals surface area contributed by atoms with E-state index in [1.807, 2.05) is 0 Å². The van der Waals surface area contributed by atoms with Crippen molar-refractivity contribution in [1.29, 1.82) is 0 Å². The van der Waals surface area contributed by atoms with Crippen LogP contribution in [0, 0.1) is 6.92 Å². The summed E-state index contributed by atoms with van der Waals surface area (Å²) in [6, 6.07) is 0. The van der Waals surface area contributed by atoms with Gasteiger partial charge >= 0.3 is 5.97 Å². The average molecular weight is 264 g/mol. The largest absolute Gasteiger partial charge is 0.465 e. The standard InChI is InChI=1S/C8H12N2O4S2/c1-4-16(12,13)10-8-9-5(2)6(15-8)7(11)14-3/h4H2,1-3H3,(H,9,10). The van der Waals surface area contributed by atoms with Gasteiger partial charge in [-0.1, -0.05) is 11.3 Å². The summed E-state index contributed by atoms with van der Waals surface area (Å²) in [7, 11) is -2.10. The number of ether oxygens (including phenoxy) is 1. The zero-order valence-corrected chi connectivity index (χ0v) is 10.7. The summed E-state index contributed by atoms with van der Waals surface area (Å²) in [4.78, 5) is 15.5. The number of nitrogens with one attached hydrogen (secondary N) is 1. The molecule has 0 saturated heterocycles. The van der Waals surface area contributed by atoms with Crippen LogP contribution in [-0.2, 0) is 14.8 Å². The summed E-state index contributed by atoms with van der Waals surface area (Å²) in [5.41, 5.74) is 0.450. The fourth-order valence-electron chi connectivity index (χ4n) is 0.927. The molecule has 0 spiro atoms. The Morgan fingerprint density at radius 2 is 2.19 bits per heavy atom. The Labute approximate surface area is 97.7 Å². The Morgan fingerprint density at radius 3 is 2.69 bits per heavy atom. The zero-order chi connectivity index (χ0) is 12.3. The number of rotatable bonds is 4. The van der Waals surface area contributed by atoms with Crippen molar-refractivity contribution in [2.24, 2.45) is 0 Å².